The molecule has 1 N–H and O–H groups in total. The van der Waals surface area contributed by atoms with Gasteiger partial charge in [0.25, 0.3) is 0 Å². The molecule has 4 heterocycles. The van der Waals surface area contributed by atoms with Gasteiger partial charge in [-0.25, -0.2) is 0 Å². The number of rotatable bonds is 3. The highest BCUT2D eigenvalue weighted by molar-refractivity contribution is 5.16. The highest BCUT2D eigenvalue weighted by atomic mass is 16.1. The zero-order valence-electron chi connectivity index (χ0n) is 14.8. The van der Waals surface area contributed by atoms with Crippen LogP contribution in [0.15, 0.2) is 23.1 Å². The second kappa shape index (κ2) is 7.40. The van der Waals surface area contributed by atoms with E-state index in [1.807, 2.05) is 0 Å². The molecule has 1 aromatic heterocycles. The number of hydrogen-bond donors (Lipinski definition) is 1. The van der Waals surface area contributed by atoms with E-state index >= 15 is 0 Å². The minimum absolute atomic E-state index is 0.0366. The first-order chi connectivity index (χ1) is 11.8. The van der Waals surface area contributed by atoms with Crippen LogP contribution in [0.25, 0.3) is 0 Å². The Bertz CT molecular complexity index is 589. The number of likely N-dealkylation sites (tertiary alicyclic amines) is 1. The second-order valence-corrected chi connectivity index (χ2v) is 8.06. The minimum atomic E-state index is 0.0366. The number of aromatic nitrogens is 1. The molecule has 1 aromatic rings. The molecule has 0 bridgehead atoms. The first-order valence-corrected chi connectivity index (χ1v) is 9.94. The second-order valence-electron chi connectivity index (χ2n) is 8.06. The first kappa shape index (κ1) is 16.3. The minimum Gasteiger partial charge on any atom is -0.329 e. The van der Waals surface area contributed by atoms with Crippen molar-refractivity contribution in [2.75, 3.05) is 32.7 Å². The van der Waals surface area contributed by atoms with E-state index < -0.39 is 0 Å². The lowest BCUT2D eigenvalue weighted by molar-refractivity contribution is 0.0359. The van der Waals surface area contributed by atoms with Gasteiger partial charge in [-0.1, -0.05) is 6.42 Å². The summed E-state index contributed by atoms with van der Waals surface area (Å²) in [6, 6.07) is 4.74. The SMILES string of the molecule is O=c1cc(C2CCN(C[C@@H]3CCCN4CCCC[C@H]34)CC2)cc[nH]1. The smallest absolute Gasteiger partial charge is 0.248 e. The molecule has 0 spiro atoms. The van der Waals surface area contributed by atoms with Gasteiger partial charge in [0.15, 0.2) is 0 Å². The van der Waals surface area contributed by atoms with Gasteiger partial charge in [0.2, 0.25) is 5.56 Å². The topological polar surface area (TPSA) is 39.3 Å². The fourth-order valence-electron chi connectivity index (χ4n) is 5.29. The molecule has 4 rings (SSSR count). The first-order valence-electron chi connectivity index (χ1n) is 9.94. The van der Waals surface area contributed by atoms with E-state index in [1.165, 1.54) is 83.2 Å². The predicted molar refractivity (Wildman–Crippen MR) is 97.4 cm³/mol. The molecule has 3 saturated heterocycles. The van der Waals surface area contributed by atoms with E-state index in [0.29, 0.717) is 5.92 Å². The number of H-pyrrole nitrogens is 1. The van der Waals surface area contributed by atoms with Crippen LogP contribution in [0.3, 0.4) is 0 Å². The van der Waals surface area contributed by atoms with Gasteiger partial charge >= 0.3 is 0 Å². The van der Waals surface area contributed by atoms with Gasteiger partial charge in [-0.15, -0.1) is 0 Å². The van der Waals surface area contributed by atoms with E-state index in [0.717, 1.165) is 12.0 Å². The average Bonchev–Trinajstić information content (AvgIpc) is 2.63. The van der Waals surface area contributed by atoms with E-state index in [4.69, 9.17) is 0 Å². The van der Waals surface area contributed by atoms with Crippen molar-refractivity contribution in [3.05, 3.63) is 34.2 Å². The molecule has 0 aromatic carbocycles. The molecule has 4 nitrogen and oxygen atoms in total. The molecule has 0 amide bonds. The molecular weight excluding hydrogens is 298 g/mol. The molecule has 4 heteroatoms. The van der Waals surface area contributed by atoms with E-state index in [2.05, 4.69) is 20.9 Å². The van der Waals surface area contributed by atoms with Crippen molar-refractivity contribution in [2.24, 2.45) is 5.92 Å². The van der Waals surface area contributed by atoms with Crippen LogP contribution in [0.2, 0.25) is 0 Å². The Morgan fingerprint density at radius 2 is 1.83 bits per heavy atom. The number of pyridine rings is 1. The van der Waals surface area contributed by atoms with E-state index in [-0.39, 0.29) is 5.56 Å². The standard InChI is InChI=1S/C20H31N3O/c24-20-14-17(6-9-21-20)16-7-12-22(13-8-16)15-18-4-3-11-23-10-2-1-5-19(18)23/h6,9,14,16,18-19H,1-5,7-8,10-13,15H2,(H,21,24)/t18-,19+/m0/s1. The lowest BCUT2D eigenvalue weighted by Gasteiger charge is -2.46. The summed E-state index contributed by atoms with van der Waals surface area (Å²) < 4.78 is 0. The third-order valence-corrected chi connectivity index (χ3v) is 6.58. The van der Waals surface area contributed by atoms with Crippen LogP contribution < -0.4 is 5.56 Å². The van der Waals surface area contributed by atoms with Crippen molar-refractivity contribution >= 4 is 0 Å². The molecule has 0 saturated carbocycles. The largest absolute Gasteiger partial charge is 0.329 e. The Morgan fingerprint density at radius 1 is 1.00 bits per heavy atom. The fraction of sp³-hybridized carbons (Fsp3) is 0.750. The number of nitrogens with one attached hydrogen (secondary N) is 1. The molecule has 2 atom stereocenters. The van der Waals surface area contributed by atoms with Gasteiger partial charge in [-0.3, -0.25) is 4.79 Å². The lowest BCUT2D eigenvalue weighted by atomic mass is 9.82. The monoisotopic (exact) mass is 329 g/mol. The van der Waals surface area contributed by atoms with Crippen LogP contribution in [0.5, 0.6) is 0 Å². The van der Waals surface area contributed by atoms with Crippen LogP contribution >= 0.6 is 0 Å². The quantitative estimate of drug-likeness (QED) is 0.927. The summed E-state index contributed by atoms with van der Waals surface area (Å²) in [6.07, 6.45) is 11.3. The molecule has 3 aliphatic rings. The highest BCUT2D eigenvalue weighted by Gasteiger charge is 2.34. The number of nitrogens with zero attached hydrogens (tertiary/aromatic N) is 2. The van der Waals surface area contributed by atoms with Gasteiger partial charge < -0.3 is 14.8 Å². The molecule has 0 radical (unpaired) electrons. The summed E-state index contributed by atoms with van der Waals surface area (Å²) >= 11 is 0. The molecule has 24 heavy (non-hydrogen) atoms. The van der Waals surface area contributed by atoms with Crippen molar-refractivity contribution < 1.29 is 0 Å². The number of piperidine rings is 3. The van der Waals surface area contributed by atoms with Crippen molar-refractivity contribution in [3.63, 3.8) is 0 Å². The fourth-order valence-corrected chi connectivity index (χ4v) is 5.29. The Morgan fingerprint density at radius 3 is 2.67 bits per heavy atom. The van der Waals surface area contributed by atoms with E-state index in [9.17, 15) is 4.79 Å². The zero-order chi connectivity index (χ0) is 16.4. The molecule has 132 valence electrons. The van der Waals surface area contributed by atoms with Crippen molar-refractivity contribution in [1.82, 2.24) is 14.8 Å². The summed E-state index contributed by atoms with van der Waals surface area (Å²) in [7, 11) is 0. The summed E-state index contributed by atoms with van der Waals surface area (Å²) in [5.41, 5.74) is 1.27. The molecule has 0 aliphatic carbocycles. The summed E-state index contributed by atoms with van der Waals surface area (Å²) in [6.45, 7) is 6.36. The van der Waals surface area contributed by atoms with Gasteiger partial charge in [-0.05, 0) is 88.2 Å². The van der Waals surface area contributed by atoms with Gasteiger partial charge in [0, 0.05) is 24.8 Å². The Balaban J connectivity index is 1.32. The van der Waals surface area contributed by atoms with Crippen molar-refractivity contribution in [3.8, 4) is 0 Å². The summed E-state index contributed by atoms with van der Waals surface area (Å²) in [5, 5.41) is 0. The predicted octanol–water partition coefficient (Wildman–Crippen LogP) is 2.82. The van der Waals surface area contributed by atoms with Crippen molar-refractivity contribution in [2.45, 2.75) is 56.9 Å². The normalized spacial score (nSPS) is 30.2. The molecular formula is C20H31N3O. The van der Waals surface area contributed by atoms with Crippen LogP contribution in [0, 0.1) is 5.92 Å². The maximum absolute atomic E-state index is 11.5. The molecule has 3 fully saturated rings. The van der Waals surface area contributed by atoms with Gasteiger partial charge in [-0.2, -0.15) is 0 Å². The Labute approximate surface area is 145 Å². The Kier molecular flexibility index (Phi) is 5.04. The maximum atomic E-state index is 11.5. The average molecular weight is 329 g/mol. The number of hydrogen-bond acceptors (Lipinski definition) is 3. The van der Waals surface area contributed by atoms with Crippen LogP contribution in [0.4, 0.5) is 0 Å². The maximum Gasteiger partial charge on any atom is 0.248 e. The van der Waals surface area contributed by atoms with Crippen LogP contribution in [0.1, 0.15) is 56.4 Å². The van der Waals surface area contributed by atoms with Crippen LogP contribution in [-0.4, -0.2) is 53.5 Å². The van der Waals surface area contributed by atoms with E-state index in [1.54, 1.807) is 12.3 Å². The van der Waals surface area contributed by atoms with Gasteiger partial charge in [0.05, 0.1) is 0 Å². The molecule has 0 unspecified atom stereocenters. The van der Waals surface area contributed by atoms with Crippen molar-refractivity contribution in [1.29, 1.82) is 0 Å². The third-order valence-electron chi connectivity index (χ3n) is 6.58. The lowest BCUT2D eigenvalue weighted by Crippen LogP contribution is -2.51. The summed E-state index contributed by atoms with van der Waals surface area (Å²) in [5.74, 6) is 1.45. The summed E-state index contributed by atoms with van der Waals surface area (Å²) in [4.78, 5) is 19.7. The highest BCUT2D eigenvalue weighted by Crippen LogP contribution is 2.33. The number of aromatic amines is 1. The van der Waals surface area contributed by atoms with Crippen LogP contribution in [-0.2, 0) is 0 Å². The third kappa shape index (κ3) is 3.60. The Hall–Kier alpha value is -1.13. The zero-order valence-corrected chi connectivity index (χ0v) is 14.8. The number of fused-ring (bicyclic) bond motifs is 1. The van der Waals surface area contributed by atoms with Gasteiger partial charge in [0.1, 0.15) is 0 Å². The molecule has 3 aliphatic heterocycles.